The molecule has 1 fully saturated rings. The molecule has 2 aromatic heterocycles. The van der Waals surface area contributed by atoms with Crippen LogP contribution in [0.1, 0.15) is 18.9 Å². The van der Waals surface area contributed by atoms with E-state index in [1.54, 1.807) is 35.1 Å². The molecule has 0 unspecified atom stereocenters. The Morgan fingerprint density at radius 2 is 1.81 bits per heavy atom. The van der Waals surface area contributed by atoms with Gasteiger partial charge in [0.05, 0.1) is 24.1 Å². The maximum atomic E-state index is 11.6. The Kier molecular flexibility index (Phi) is 4.40. The summed E-state index contributed by atoms with van der Waals surface area (Å²) in [6.45, 7) is 0.910. The van der Waals surface area contributed by atoms with Crippen LogP contribution < -0.4 is 0 Å². The van der Waals surface area contributed by atoms with Gasteiger partial charge in [0.15, 0.2) is 5.69 Å². The quantitative estimate of drug-likeness (QED) is 0.706. The molecule has 1 aromatic carbocycles. The van der Waals surface area contributed by atoms with Gasteiger partial charge in [-0.1, -0.05) is 17.3 Å². The summed E-state index contributed by atoms with van der Waals surface area (Å²) >= 11 is 0. The number of sulfonamides is 1. The highest BCUT2D eigenvalue weighted by Crippen LogP contribution is 2.30. The van der Waals surface area contributed by atoms with Gasteiger partial charge in [-0.25, -0.2) is 17.4 Å². The molecule has 27 heavy (non-hydrogen) atoms. The van der Waals surface area contributed by atoms with Crippen molar-refractivity contribution in [3.8, 4) is 28.8 Å². The monoisotopic (exact) mass is 390 g/mol. The summed E-state index contributed by atoms with van der Waals surface area (Å²) in [5, 5.41) is 26.0. The van der Waals surface area contributed by atoms with E-state index in [2.05, 4.69) is 20.5 Å². The van der Waals surface area contributed by atoms with Crippen molar-refractivity contribution in [2.45, 2.75) is 18.9 Å². The largest absolute Gasteiger partial charge is 0.507 e. The van der Waals surface area contributed by atoms with Gasteiger partial charge in [0.25, 0.3) is 11.8 Å². The number of phenols is 1. The van der Waals surface area contributed by atoms with E-state index in [1.807, 2.05) is 0 Å². The van der Waals surface area contributed by atoms with Crippen LogP contribution in [0.4, 0.5) is 0 Å². The normalized spacial score (nSPS) is 16.6. The van der Waals surface area contributed by atoms with E-state index in [1.165, 1.54) is 10.6 Å². The highest BCUT2D eigenvalue weighted by atomic mass is 32.2. The molecule has 0 amide bonds. The number of phenolic OH excluding ortho intramolecular Hbond substituents is 1. The fourth-order valence-corrected chi connectivity index (χ4v) is 3.96. The molecular formula is C16H18N6O4S. The van der Waals surface area contributed by atoms with Crippen LogP contribution in [0.25, 0.3) is 23.0 Å². The standard InChI is InChI=1S/C16H18N6O4S/c1-27(24,25)21-8-6-11(7-9-21)22-10-13(17-20-22)16-19-18-15(26-16)12-4-2-3-5-14(12)23/h2-5,10-11,23H,6-9H2,1H3. The Morgan fingerprint density at radius 1 is 1.11 bits per heavy atom. The Labute approximate surface area is 155 Å². The number of aromatic hydroxyl groups is 1. The zero-order valence-electron chi connectivity index (χ0n) is 14.6. The van der Waals surface area contributed by atoms with E-state index in [4.69, 9.17) is 4.42 Å². The number of benzene rings is 1. The van der Waals surface area contributed by atoms with Crippen molar-refractivity contribution in [1.82, 2.24) is 29.5 Å². The summed E-state index contributed by atoms with van der Waals surface area (Å²) < 4.78 is 32.0. The first-order valence-electron chi connectivity index (χ1n) is 8.41. The second-order valence-electron chi connectivity index (χ2n) is 6.41. The molecule has 0 radical (unpaired) electrons. The van der Waals surface area contributed by atoms with E-state index in [9.17, 15) is 13.5 Å². The number of para-hydroxylation sites is 1. The molecule has 3 aromatic rings. The zero-order valence-corrected chi connectivity index (χ0v) is 15.4. The van der Waals surface area contributed by atoms with E-state index in [-0.39, 0.29) is 23.6 Å². The number of aromatic nitrogens is 5. The maximum Gasteiger partial charge on any atom is 0.270 e. The molecule has 1 N–H and O–H groups in total. The fraction of sp³-hybridized carbons (Fsp3) is 0.375. The first-order chi connectivity index (χ1) is 12.9. The summed E-state index contributed by atoms with van der Waals surface area (Å²) in [5.41, 5.74) is 0.867. The SMILES string of the molecule is CS(=O)(=O)N1CCC(n2cc(-c3nnc(-c4ccccc4O)o3)nn2)CC1. The van der Waals surface area contributed by atoms with Crippen LogP contribution in [-0.2, 0) is 10.0 Å². The lowest BCUT2D eigenvalue weighted by Crippen LogP contribution is -2.38. The van der Waals surface area contributed by atoms with Gasteiger partial charge in [-0.15, -0.1) is 15.3 Å². The van der Waals surface area contributed by atoms with E-state index in [0.717, 1.165) is 0 Å². The number of hydrogen-bond acceptors (Lipinski definition) is 8. The number of piperidine rings is 1. The number of rotatable bonds is 4. The molecule has 142 valence electrons. The summed E-state index contributed by atoms with van der Waals surface area (Å²) in [5.74, 6) is 0.446. The Morgan fingerprint density at radius 3 is 2.52 bits per heavy atom. The number of nitrogens with zero attached hydrogens (tertiary/aromatic N) is 6. The summed E-state index contributed by atoms with van der Waals surface area (Å²) in [4.78, 5) is 0. The van der Waals surface area contributed by atoms with Gasteiger partial charge in [0.2, 0.25) is 10.0 Å². The van der Waals surface area contributed by atoms with Crippen LogP contribution in [0.15, 0.2) is 34.9 Å². The smallest absolute Gasteiger partial charge is 0.270 e. The van der Waals surface area contributed by atoms with Crippen LogP contribution in [0.5, 0.6) is 5.75 Å². The number of hydrogen-bond donors (Lipinski definition) is 1. The molecule has 3 heterocycles. The first kappa shape index (κ1) is 17.6. The second-order valence-corrected chi connectivity index (χ2v) is 8.39. The van der Waals surface area contributed by atoms with Gasteiger partial charge < -0.3 is 9.52 Å². The highest BCUT2D eigenvalue weighted by Gasteiger charge is 2.27. The van der Waals surface area contributed by atoms with Crippen molar-refractivity contribution in [2.24, 2.45) is 0 Å². The lowest BCUT2D eigenvalue weighted by molar-refractivity contribution is 0.259. The summed E-state index contributed by atoms with van der Waals surface area (Å²) in [6, 6.07) is 6.75. The van der Waals surface area contributed by atoms with Crippen LogP contribution >= 0.6 is 0 Å². The van der Waals surface area contributed by atoms with Crippen molar-refractivity contribution < 1.29 is 17.9 Å². The van der Waals surface area contributed by atoms with Crippen LogP contribution in [0.3, 0.4) is 0 Å². The average molecular weight is 390 g/mol. The zero-order chi connectivity index (χ0) is 19.0. The van der Waals surface area contributed by atoms with E-state index >= 15 is 0 Å². The minimum atomic E-state index is -3.16. The summed E-state index contributed by atoms with van der Waals surface area (Å²) in [6.07, 6.45) is 4.24. The molecule has 1 aliphatic heterocycles. The third-order valence-corrected chi connectivity index (χ3v) is 5.86. The average Bonchev–Trinajstić information content (AvgIpc) is 3.31. The predicted octanol–water partition coefficient (Wildman–Crippen LogP) is 1.30. The van der Waals surface area contributed by atoms with Crippen molar-refractivity contribution >= 4 is 10.0 Å². The van der Waals surface area contributed by atoms with Gasteiger partial charge in [0, 0.05) is 13.1 Å². The van der Waals surface area contributed by atoms with Crippen molar-refractivity contribution in [2.75, 3.05) is 19.3 Å². The molecule has 4 rings (SSSR count). The molecule has 1 aliphatic rings. The molecular weight excluding hydrogens is 372 g/mol. The van der Waals surface area contributed by atoms with Crippen LogP contribution in [0, 0.1) is 0 Å². The summed E-state index contributed by atoms with van der Waals surface area (Å²) in [7, 11) is -3.16. The van der Waals surface area contributed by atoms with Crippen LogP contribution in [-0.4, -0.2) is 62.4 Å². The van der Waals surface area contributed by atoms with Gasteiger partial charge in [-0.05, 0) is 25.0 Å². The lowest BCUT2D eigenvalue weighted by Gasteiger charge is -2.29. The van der Waals surface area contributed by atoms with Crippen LogP contribution in [0.2, 0.25) is 0 Å². The van der Waals surface area contributed by atoms with Gasteiger partial charge in [0.1, 0.15) is 5.75 Å². The van der Waals surface area contributed by atoms with Crippen molar-refractivity contribution in [3.05, 3.63) is 30.5 Å². The third kappa shape index (κ3) is 3.55. The topological polar surface area (TPSA) is 127 Å². The Balaban J connectivity index is 1.50. The maximum absolute atomic E-state index is 11.6. The minimum Gasteiger partial charge on any atom is -0.507 e. The molecule has 11 heteroatoms. The highest BCUT2D eigenvalue weighted by molar-refractivity contribution is 7.88. The van der Waals surface area contributed by atoms with E-state index in [0.29, 0.717) is 37.2 Å². The van der Waals surface area contributed by atoms with Gasteiger partial charge in [-0.3, -0.25) is 0 Å². The van der Waals surface area contributed by atoms with Gasteiger partial charge in [-0.2, -0.15) is 0 Å². The van der Waals surface area contributed by atoms with Crippen molar-refractivity contribution in [1.29, 1.82) is 0 Å². The molecule has 0 bridgehead atoms. The molecule has 0 saturated carbocycles. The lowest BCUT2D eigenvalue weighted by atomic mass is 10.1. The molecule has 0 spiro atoms. The first-order valence-corrected chi connectivity index (χ1v) is 10.3. The Bertz CT molecular complexity index is 1050. The second kappa shape index (κ2) is 6.74. The fourth-order valence-electron chi connectivity index (χ4n) is 3.08. The van der Waals surface area contributed by atoms with Gasteiger partial charge >= 0.3 is 0 Å². The molecule has 0 atom stereocenters. The molecule has 10 nitrogen and oxygen atoms in total. The minimum absolute atomic E-state index is 0.0500. The van der Waals surface area contributed by atoms with Crippen molar-refractivity contribution in [3.63, 3.8) is 0 Å². The predicted molar refractivity (Wildman–Crippen MR) is 95.1 cm³/mol. The third-order valence-electron chi connectivity index (χ3n) is 4.56. The Hall–Kier alpha value is -2.79. The molecule has 0 aliphatic carbocycles. The van der Waals surface area contributed by atoms with E-state index < -0.39 is 10.0 Å². The molecule has 1 saturated heterocycles.